The van der Waals surface area contributed by atoms with Gasteiger partial charge in [0.15, 0.2) is 6.61 Å². The molecular weight excluding hydrogens is 472 g/mol. The minimum atomic E-state index is -0.671. The Morgan fingerprint density at radius 1 is 0.895 bits per heavy atom. The number of ether oxygens (including phenoxy) is 1. The first kappa shape index (κ1) is 29.0. The predicted octanol–water partition coefficient (Wildman–Crippen LogP) is 6.08. The number of hydrogen-bond donors (Lipinski definition) is 1. The molecule has 0 unspecified atom stereocenters. The molecular formula is C33H42N2O3. The molecule has 0 saturated carbocycles. The molecule has 0 aliphatic heterocycles. The molecule has 2 amide bonds. The van der Waals surface area contributed by atoms with E-state index in [0.717, 1.165) is 16.7 Å². The van der Waals surface area contributed by atoms with Crippen molar-refractivity contribution in [2.24, 2.45) is 5.92 Å². The fourth-order valence-corrected chi connectivity index (χ4v) is 4.23. The van der Waals surface area contributed by atoms with Gasteiger partial charge in [0.1, 0.15) is 11.8 Å². The van der Waals surface area contributed by atoms with Crippen molar-refractivity contribution in [2.75, 3.05) is 13.2 Å². The Bertz CT molecular complexity index is 1180. The van der Waals surface area contributed by atoms with Gasteiger partial charge in [-0.25, -0.2) is 0 Å². The van der Waals surface area contributed by atoms with Crippen molar-refractivity contribution in [3.63, 3.8) is 0 Å². The molecule has 0 saturated heterocycles. The second-order valence-corrected chi connectivity index (χ2v) is 11.4. The third-order valence-corrected chi connectivity index (χ3v) is 6.64. The van der Waals surface area contributed by atoms with E-state index < -0.39 is 6.04 Å². The third-order valence-electron chi connectivity index (χ3n) is 6.64. The van der Waals surface area contributed by atoms with Gasteiger partial charge in [-0.2, -0.15) is 0 Å². The summed E-state index contributed by atoms with van der Waals surface area (Å²) >= 11 is 0. The number of carbonyl (C=O) groups excluding carboxylic acids is 2. The Morgan fingerprint density at radius 2 is 1.53 bits per heavy atom. The van der Waals surface area contributed by atoms with Crippen LogP contribution in [-0.2, 0) is 28.0 Å². The zero-order valence-electron chi connectivity index (χ0n) is 23.7. The summed E-state index contributed by atoms with van der Waals surface area (Å²) in [5.74, 6) is 0.551. The first-order valence-electron chi connectivity index (χ1n) is 13.4. The van der Waals surface area contributed by atoms with Crippen LogP contribution in [0.4, 0.5) is 0 Å². The molecule has 0 radical (unpaired) electrons. The smallest absolute Gasteiger partial charge is 0.261 e. The van der Waals surface area contributed by atoms with Gasteiger partial charge >= 0.3 is 0 Å². The maximum absolute atomic E-state index is 13.8. The van der Waals surface area contributed by atoms with Crippen molar-refractivity contribution in [3.8, 4) is 5.75 Å². The highest BCUT2D eigenvalue weighted by molar-refractivity contribution is 5.88. The SMILES string of the molecule is Cc1ccccc1CN(C(=O)COc1ccc(C(C)(C)C)cc1)[C@@H](Cc1ccccc1)C(=O)NCC(C)C. The van der Waals surface area contributed by atoms with E-state index >= 15 is 0 Å². The zero-order chi connectivity index (χ0) is 27.7. The van der Waals surface area contributed by atoms with E-state index in [-0.39, 0.29) is 23.8 Å². The second-order valence-electron chi connectivity index (χ2n) is 11.4. The molecule has 3 rings (SSSR count). The van der Waals surface area contributed by atoms with Gasteiger partial charge in [0.05, 0.1) is 0 Å². The summed E-state index contributed by atoms with van der Waals surface area (Å²) in [5, 5.41) is 3.06. The van der Waals surface area contributed by atoms with E-state index in [9.17, 15) is 9.59 Å². The predicted molar refractivity (Wildman–Crippen MR) is 154 cm³/mol. The summed E-state index contributed by atoms with van der Waals surface area (Å²) in [7, 11) is 0. The van der Waals surface area contributed by atoms with E-state index in [2.05, 4.69) is 39.9 Å². The first-order chi connectivity index (χ1) is 18.0. The van der Waals surface area contributed by atoms with Crippen LogP contribution in [0, 0.1) is 12.8 Å². The maximum Gasteiger partial charge on any atom is 0.261 e. The Hall–Kier alpha value is -3.60. The van der Waals surface area contributed by atoms with Gasteiger partial charge in [-0.05, 0) is 52.6 Å². The third kappa shape index (κ3) is 8.47. The van der Waals surface area contributed by atoms with E-state index in [1.165, 1.54) is 5.56 Å². The highest BCUT2D eigenvalue weighted by Crippen LogP contribution is 2.24. The fourth-order valence-electron chi connectivity index (χ4n) is 4.23. The number of hydrogen-bond acceptors (Lipinski definition) is 3. The Morgan fingerprint density at radius 3 is 2.13 bits per heavy atom. The van der Waals surface area contributed by atoms with Gasteiger partial charge in [-0.3, -0.25) is 9.59 Å². The number of benzene rings is 3. The van der Waals surface area contributed by atoms with Crippen LogP contribution in [-0.4, -0.2) is 35.9 Å². The number of amides is 2. The van der Waals surface area contributed by atoms with Gasteiger partial charge in [-0.15, -0.1) is 0 Å². The largest absolute Gasteiger partial charge is 0.484 e. The van der Waals surface area contributed by atoms with Crippen molar-refractivity contribution in [3.05, 3.63) is 101 Å². The molecule has 0 aromatic heterocycles. The minimum Gasteiger partial charge on any atom is -0.484 e. The van der Waals surface area contributed by atoms with E-state index in [1.807, 2.05) is 85.8 Å². The van der Waals surface area contributed by atoms with Gasteiger partial charge in [-0.1, -0.05) is 101 Å². The second kappa shape index (κ2) is 13.3. The Labute approximate surface area is 228 Å². The topological polar surface area (TPSA) is 58.6 Å². The van der Waals surface area contributed by atoms with E-state index in [1.54, 1.807) is 4.90 Å². The van der Waals surface area contributed by atoms with Crippen molar-refractivity contribution >= 4 is 11.8 Å². The lowest BCUT2D eigenvalue weighted by Gasteiger charge is -2.32. The van der Waals surface area contributed by atoms with Gasteiger partial charge < -0.3 is 15.0 Å². The molecule has 3 aromatic carbocycles. The van der Waals surface area contributed by atoms with Gasteiger partial charge in [0.2, 0.25) is 5.91 Å². The van der Waals surface area contributed by atoms with E-state index in [0.29, 0.717) is 31.2 Å². The average molecular weight is 515 g/mol. The molecule has 38 heavy (non-hydrogen) atoms. The van der Waals surface area contributed by atoms with Crippen LogP contribution in [0.5, 0.6) is 5.75 Å². The Kier molecular flexibility index (Phi) is 10.1. The van der Waals surface area contributed by atoms with Crippen molar-refractivity contribution < 1.29 is 14.3 Å². The van der Waals surface area contributed by atoms with Crippen LogP contribution in [0.15, 0.2) is 78.9 Å². The minimum absolute atomic E-state index is 0.0344. The number of rotatable bonds is 11. The zero-order valence-corrected chi connectivity index (χ0v) is 23.7. The number of nitrogens with one attached hydrogen (secondary N) is 1. The average Bonchev–Trinajstić information content (AvgIpc) is 2.89. The lowest BCUT2D eigenvalue weighted by molar-refractivity contribution is -0.142. The van der Waals surface area contributed by atoms with Crippen LogP contribution in [0.25, 0.3) is 0 Å². The molecule has 0 aliphatic rings. The lowest BCUT2D eigenvalue weighted by atomic mass is 9.87. The van der Waals surface area contributed by atoms with Crippen LogP contribution >= 0.6 is 0 Å². The maximum atomic E-state index is 13.8. The van der Waals surface area contributed by atoms with Crippen LogP contribution in [0.3, 0.4) is 0 Å². The number of carbonyl (C=O) groups is 2. The molecule has 5 nitrogen and oxygen atoms in total. The normalized spacial score (nSPS) is 12.2. The number of nitrogens with zero attached hydrogens (tertiary/aromatic N) is 1. The molecule has 0 bridgehead atoms. The molecule has 1 atom stereocenters. The lowest BCUT2D eigenvalue weighted by Crippen LogP contribution is -2.52. The van der Waals surface area contributed by atoms with E-state index in [4.69, 9.17) is 4.74 Å². The highest BCUT2D eigenvalue weighted by atomic mass is 16.5. The fraction of sp³-hybridized carbons (Fsp3) is 0.394. The summed E-state index contributed by atoms with van der Waals surface area (Å²) in [6.45, 7) is 13.3. The van der Waals surface area contributed by atoms with Crippen LogP contribution < -0.4 is 10.1 Å². The molecule has 0 spiro atoms. The Balaban J connectivity index is 1.88. The highest BCUT2D eigenvalue weighted by Gasteiger charge is 2.31. The summed E-state index contributed by atoms with van der Waals surface area (Å²) in [4.78, 5) is 29.0. The molecule has 3 aromatic rings. The summed E-state index contributed by atoms with van der Waals surface area (Å²) < 4.78 is 5.94. The first-order valence-corrected chi connectivity index (χ1v) is 13.4. The molecule has 5 heteroatoms. The quantitative estimate of drug-likeness (QED) is 0.337. The van der Waals surface area contributed by atoms with Crippen LogP contribution in [0.2, 0.25) is 0 Å². The molecule has 0 fully saturated rings. The summed E-state index contributed by atoms with van der Waals surface area (Å²) in [5.41, 5.74) is 4.31. The van der Waals surface area contributed by atoms with Gasteiger partial charge in [0, 0.05) is 19.5 Å². The standard InChI is InChI=1S/C33H42N2O3/c1-24(2)21-34-32(37)30(20-26-13-8-7-9-14-26)35(22-27-15-11-10-12-25(27)3)31(36)23-38-29-18-16-28(17-19-29)33(4,5)6/h7-19,24,30H,20-23H2,1-6H3,(H,34,37)/t30-/m0/s1. The molecule has 0 heterocycles. The van der Waals surface area contributed by atoms with Gasteiger partial charge in [0.25, 0.3) is 5.91 Å². The molecule has 202 valence electrons. The number of aryl methyl sites for hydroxylation is 1. The molecule has 1 N–H and O–H groups in total. The molecule has 0 aliphatic carbocycles. The van der Waals surface area contributed by atoms with Crippen molar-refractivity contribution in [1.82, 2.24) is 10.2 Å². The van der Waals surface area contributed by atoms with Crippen molar-refractivity contribution in [1.29, 1.82) is 0 Å². The van der Waals surface area contributed by atoms with Crippen molar-refractivity contribution in [2.45, 2.75) is 66.0 Å². The summed E-state index contributed by atoms with van der Waals surface area (Å²) in [6.07, 6.45) is 0.419. The monoisotopic (exact) mass is 514 g/mol. The van der Waals surface area contributed by atoms with Crippen LogP contribution in [0.1, 0.15) is 56.9 Å². The summed E-state index contributed by atoms with van der Waals surface area (Å²) in [6, 6.07) is 25.0.